The number of amides is 1. The van der Waals surface area contributed by atoms with E-state index in [1.807, 2.05) is 6.92 Å². The summed E-state index contributed by atoms with van der Waals surface area (Å²) < 4.78 is 36.5. The first kappa shape index (κ1) is 17.4. The molecule has 0 radical (unpaired) electrons. The van der Waals surface area contributed by atoms with Gasteiger partial charge in [0.1, 0.15) is 5.82 Å². The van der Waals surface area contributed by atoms with Crippen molar-refractivity contribution in [2.75, 3.05) is 0 Å². The Bertz CT molecular complexity index is 646. The van der Waals surface area contributed by atoms with E-state index in [9.17, 15) is 17.6 Å². The van der Waals surface area contributed by atoms with Crippen molar-refractivity contribution in [3.05, 3.63) is 28.0 Å². The molecular formula is C12H14BrClFNO3S. The molecule has 1 N–H and O–H groups in total. The number of carbonyl (C=O) groups excluding carboxylic acids is 1. The van der Waals surface area contributed by atoms with Gasteiger partial charge in [0.05, 0.1) is 10.5 Å². The molecule has 0 aliphatic rings. The van der Waals surface area contributed by atoms with Gasteiger partial charge in [-0.15, -0.1) is 0 Å². The van der Waals surface area contributed by atoms with Gasteiger partial charge in [0.15, 0.2) is 0 Å². The van der Waals surface area contributed by atoms with Gasteiger partial charge in [-0.3, -0.25) is 4.79 Å². The van der Waals surface area contributed by atoms with E-state index in [1.54, 1.807) is 13.8 Å². The fraction of sp³-hybridized carbons (Fsp3) is 0.417. The molecule has 0 aliphatic carbocycles. The minimum absolute atomic E-state index is 0.0312. The lowest BCUT2D eigenvalue weighted by atomic mass is 10.0. The molecule has 0 aromatic heterocycles. The Morgan fingerprint density at radius 1 is 1.45 bits per heavy atom. The second kappa shape index (κ2) is 5.99. The van der Waals surface area contributed by atoms with Gasteiger partial charge in [-0.1, -0.05) is 6.92 Å². The fourth-order valence-corrected chi connectivity index (χ4v) is 3.52. The number of hydrogen-bond donors (Lipinski definition) is 1. The lowest BCUT2D eigenvalue weighted by Gasteiger charge is -2.24. The summed E-state index contributed by atoms with van der Waals surface area (Å²) in [4.78, 5) is 11.7. The Morgan fingerprint density at radius 3 is 2.45 bits per heavy atom. The number of nitrogens with one attached hydrogen (secondary N) is 1. The molecule has 1 aromatic rings. The van der Waals surface area contributed by atoms with Gasteiger partial charge in [0, 0.05) is 20.7 Å². The van der Waals surface area contributed by atoms with Crippen LogP contribution in [0.5, 0.6) is 0 Å². The summed E-state index contributed by atoms with van der Waals surface area (Å²) in [6.07, 6.45) is 0.636. The van der Waals surface area contributed by atoms with Crippen molar-refractivity contribution in [3.63, 3.8) is 0 Å². The van der Waals surface area contributed by atoms with Gasteiger partial charge < -0.3 is 5.32 Å². The Kier molecular flexibility index (Phi) is 5.21. The quantitative estimate of drug-likeness (QED) is 0.806. The van der Waals surface area contributed by atoms with Crippen molar-refractivity contribution < 1.29 is 17.6 Å². The number of carbonyl (C=O) groups is 1. The Hall–Kier alpha value is -0.660. The number of halogens is 3. The average molecular weight is 387 g/mol. The Morgan fingerprint density at radius 2 is 2.00 bits per heavy atom. The predicted molar refractivity (Wildman–Crippen MR) is 79.0 cm³/mol. The van der Waals surface area contributed by atoms with E-state index < -0.39 is 26.3 Å². The van der Waals surface area contributed by atoms with E-state index in [2.05, 4.69) is 21.2 Å². The molecule has 1 amide bonds. The molecule has 1 rings (SSSR count). The average Bonchev–Trinajstić information content (AvgIpc) is 2.26. The molecule has 8 heteroatoms. The first-order chi connectivity index (χ1) is 8.98. The molecule has 0 bridgehead atoms. The normalized spacial score (nSPS) is 12.3. The third-order valence-electron chi connectivity index (χ3n) is 2.86. The lowest BCUT2D eigenvalue weighted by molar-refractivity contribution is 0.0907. The lowest BCUT2D eigenvalue weighted by Crippen LogP contribution is -2.43. The van der Waals surface area contributed by atoms with Gasteiger partial charge in [-0.25, -0.2) is 12.8 Å². The zero-order valence-electron chi connectivity index (χ0n) is 11.1. The zero-order valence-corrected chi connectivity index (χ0v) is 14.3. The van der Waals surface area contributed by atoms with Crippen LogP contribution in [-0.2, 0) is 9.05 Å². The van der Waals surface area contributed by atoms with Crippen LogP contribution in [0.1, 0.15) is 37.6 Å². The van der Waals surface area contributed by atoms with Crippen LogP contribution in [0, 0.1) is 5.82 Å². The monoisotopic (exact) mass is 385 g/mol. The molecule has 0 saturated carbocycles. The fourth-order valence-electron chi connectivity index (χ4n) is 1.35. The zero-order chi connectivity index (χ0) is 15.7. The van der Waals surface area contributed by atoms with Crippen molar-refractivity contribution in [2.45, 2.75) is 37.6 Å². The molecule has 112 valence electrons. The number of hydrogen-bond acceptors (Lipinski definition) is 3. The van der Waals surface area contributed by atoms with Crippen molar-refractivity contribution in [2.24, 2.45) is 0 Å². The van der Waals surface area contributed by atoms with Crippen molar-refractivity contribution in [1.29, 1.82) is 0 Å². The van der Waals surface area contributed by atoms with E-state index in [0.29, 0.717) is 6.42 Å². The molecule has 0 unspecified atom stereocenters. The standard InChI is InChI=1S/C12H14BrClFNO3S/c1-4-12(2,3)16-11(17)7-5-10(20(14,18)19)8(13)6-9(7)15/h5-6H,4H2,1-3H3,(H,16,17). The van der Waals surface area contributed by atoms with Crippen LogP contribution in [0.2, 0.25) is 0 Å². The summed E-state index contributed by atoms with van der Waals surface area (Å²) in [7, 11) is 1.16. The van der Waals surface area contributed by atoms with Crippen LogP contribution < -0.4 is 5.32 Å². The molecule has 1 aromatic carbocycles. The maximum Gasteiger partial charge on any atom is 0.262 e. The number of benzene rings is 1. The summed E-state index contributed by atoms with van der Waals surface area (Å²) in [5.74, 6) is -1.52. The first-order valence-corrected chi connectivity index (χ1v) is 8.84. The minimum Gasteiger partial charge on any atom is -0.347 e. The molecule has 0 atom stereocenters. The minimum atomic E-state index is -4.08. The van der Waals surface area contributed by atoms with Crippen LogP contribution in [0.25, 0.3) is 0 Å². The molecular weight excluding hydrogens is 373 g/mol. The van der Waals surface area contributed by atoms with E-state index in [4.69, 9.17) is 10.7 Å². The highest BCUT2D eigenvalue weighted by Crippen LogP contribution is 2.28. The third kappa shape index (κ3) is 4.17. The maximum absolute atomic E-state index is 13.8. The van der Waals surface area contributed by atoms with Crippen molar-refractivity contribution in [3.8, 4) is 0 Å². The van der Waals surface area contributed by atoms with Crippen molar-refractivity contribution in [1.82, 2.24) is 5.32 Å². The second-order valence-corrected chi connectivity index (χ2v) is 8.28. The molecule has 0 fully saturated rings. The topological polar surface area (TPSA) is 63.2 Å². The van der Waals surface area contributed by atoms with Gasteiger partial charge in [0.2, 0.25) is 0 Å². The molecule has 0 heterocycles. The Balaban J connectivity index is 3.30. The van der Waals surface area contributed by atoms with Crippen LogP contribution >= 0.6 is 26.6 Å². The van der Waals surface area contributed by atoms with Gasteiger partial charge in [-0.2, -0.15) is 0 Å². The summed E-state index contributed by atoms with van der Waals surface area (Å²) in [6, 6.07) is 1.83. The highest BCUT2D eigenvalue weighted by atomic mass is 79.9. The third-order valence-corrected chi connectivity index (χ3v) is 5.15. The van der Waals surface area contributed by atoms with Gasteiger partial charge in [-0.05, 0) is 48.3 Å². The second-order valence-electron chi connectivity index (χ2n) is 4.89. The molecule has 20 heavy (non-hydrogen) atoms. The van der Waals surface area contributed by atoms with E-state index in [-0.39, 0.29) is 14.9 Å². The smallest absolute Gasteiger partial charge is 0.262 e. The van der Waals surface area contributed by atoms with Gasteiger partial charge in [0.25, 0.3) is 15.0 Å². The van der Waals surface area contributed by atoms with Crippen LogP contribution in [-0.4, -0.2) is 19.9 Å². The predicted octanol–water partition coefficient (Wildman–Crippen LogP) is 3.43. The molecule has 0 spiro atoms. The summed E-state index contributed by atoms with van der Waals surface area (Å²) in [5.41, 5.74) is -0.898. The molecule has 0 aliphatic heterocycles. The van der Waals surface area contributed by atoms with Crippen LogP contribution in [0.15, 0.2) is 21.5 Å². The molecule has 4 nitrogen and oxygen atoms in total. The maximum atomic E-state index is 13.8. The van der Waals surface area contributed by atoms with E-state index in [1.165, 1.54) is 0 Å². The highest BCUT2D eigenvalue weighted by molar-refractivity contribution is 9.10. The number of rotatable bonds is 4. The summed E-state index contributed by atoms with van der Waals surface area (Å²) in [6.45, 7) is 5.43. The highest BCUT2D eigenvalue weighted by Gasteiger charge is 2.24. The van der Waals surface area contributed by atoms with Crippen molar-refractivity contribution >= 4 is 41.6 Å². The summed E-state index contributed by atoms with van der Waals surface area (Å²) in [5, 5.41) is 2.63. The van der Waals surface area contributed by atoms with Gasteiger partial charge >= 0.3 is 0 Å². The Labute approximate surface area is 130 Å². The molecule has 0 saturated heterocycles. The van der Waals surface area contributed by atoms with Crippen LogP contribution in [0.3, 0.4) is 0 Å². The van der Waals surface area contributed by atoms with E-state index >= 15 is 0 Å². The SMILES string of the molecule is CCC(C)(C)NC(=O)c1cc(S(=O)(=O)Cl)c(Br)cc1F. The first-order valence-electron chi connectivity index (χ1n) is 5.74. The summed E-state index contributed by atoms with van der Waals surface area (Å²) >= 11 is 2.91. The largest absolute Gasteiger partial charge is 0.347 e. The van der Waals surface area contributed by atoms with Crippen LogP contribution in [0.4, 0.5) is 4.39 Å². The van der Waals surface area contributed by atoms with E-state index in [0.717, 1.165) is 12.1 Å².